The van der Waals surface area contributed by atoms with Gasteiger partial charge in [-0.1, -0.05) is 356 Å². The van der Waals surface area contributed by atoms with Crippen molar-refractivity contribution >= 4 is 5.78 Å². The van der Waals surface area contributed by atoms with Crippen LogP contribution in [0.1, 0.15) is 563 Å². The van der Waals surface area contributed by atoms with Gasteiger partial charge in [-0.25, -0.2) is 8.78 Å². The van der Waals surface area contributed by atoms with Crippen LogP contribution in [0.5, 0.6) is 11.5 Å². The number of piperidine rings is 1. The number of Topliss-reactive ketones (excluding diaryl/α,β-unsaturated/α-hetero) is 1. The van der Waals surface area contributed by atoms with Gasteiger partial charge in [-0.3, -0.25) is 14.7 Å². The number of fused-ring (bicyclic) bond motifs is 7. The van der Waals surface area contributed by atoms with E-state index in [1.807, 2.05) is 6.07 Å². The quantitative estimate of drug-likeness (QED) is 0.114. The lowest BCUT2D eigenvalue weighted by atomic mass is 9.74. The molecule has 2 saturated heterocycles. The topological polar surface area (TPSA) is 70.1 Å². The monoisotopic (exact) mass is 1970 g/mol. The molecular weight excluding hydrogens is 1780 g/mol. The first-order chi connectivity index (χ1) is 68.2. The smallest absolute Gasteiger partial charge is 0.279 e. The summed E-state index contributed by atoms with van der Waals surface area (Å²) in [4.78, 5) is 21.1. The van der Waals surface area contributed by atoms with E-state index in [-0.39, 0.29) is 33.2 Å². The Morgan fingerprint density at radius 1 is 0.317 bits per heavy atom. The summed E-state index contributed by atoms with van der Waals surface area (Å²) in [6.07, 6.45) is 37.9. The summed E-state index contributed by atoms with van der Waals surface area (Å²) >= 11 is 0. The van der Waals surface area contributed by atoms with Crippen LogP contribution in [0.25, 0.3) is 0 Å². The number of pyridine rings is 1. The number of ether oxygens (including phenoxy) is 4. The second-order valence-electron chi connectivity index (χ2n) is 55.1. The summed E-state index contributed by atoms with van der Waals surface area (Å²) < 4.78 is 55.8. The SMILES string of the molecule is CC(C)(C)c1ccc(C(C)(C)C)c2c1CC1(CCCC1)C2(F)F.CC(C)c1ccc(C(C)C)c2c1CC1(C2)OCCO1.CC(C)c1ccc(C(C)C)c2c1CC1(CC1)C2.CC(C)c1ccc(C(C)C)c2c1CC1(CCCC1)C2.CC(C)c1ccc(C(C)C)c2c1CC1(CCN(Cc3ccccc3)CC1)C2=O.CC(C)c1ccc(C(C)C)c2c1OC1(CCCC1)O2.CC(C)c1ncc(C(C)(C)C)c2c1CC1(CCCC1)C2. The molecule has 9 heteroatoms. The minimum absolute atomic E-state index is 0.0965. The fourth-order valence-corrected chi connectivity index (χ4v) is 29.3. The van der Waals surface area contributed by atoms with Gasteiger partial charge in [0, 0.05) is 77.2 Å². The second-order valence-corrected chi connectivity index (χ2v) is 55.1. The third kappa shape index (κ3) is 22.4. The summed E-state index contributed by atoms with van der Waals surface area (Å²) in [5.41, 5.74) is 38.6. The molecule has 7 spiro atoms. The van der Waals surface area contributed by atoms with Crippen LogP contribution in [0.15, 0.2) is 109 Å². The molecule has 3 aliphatic heterocycles. The number of likely N-dealkylation sites (tertiary alicyclic amines) is 1. The Labute approximate surface area is 879 Å². The molecule has 1 aromatic heterocycles. The third-order valence-corrected chi connectivity index (χ3v) is 37.5. The van der Waals surface area contributed by atoms with E-state index in [4.69, 9.17) is 23.9 Å². The summed E-state index contributed by atoms with van der Waals surface area (Å²) in [6.45, 7) is 74.3. The highest BCUT2D eigenvalue weighted by Gasteiger charge is 2.63. The zero-order valence-corrected chi connectivity index (χ0v) is 96.7. The van der Waals surface area contributed by atoms with E-state index >= 15 is 8.78 Å². The van der Waals surface area contributed by atoms with Crippen molar-refractivity contribution in [2.45, 2.75) is 513 Å². The molecule has 0 radical (unpaired) electrons. The molecule has 7 nitrogen and oxygen atoms in total. The second kappa shape index (κ2) is 42.7. The molecule has 8 aromatic rings. The number of ketones is 1. The van der Waals surface area contributed by atoms with E-state index in [2.05, 4.69) is 323 Å². The Morgan fingerprint density at radius 2 is 0.655 bits per heavy atom. The molecule has 0 atom stereocenters. The molecule has 145 heavy (non-hydrogen) atoms. The molecule has 0 bridgehead atoms. The lowest BCUT2D eigenvalue weighted by molar-refractivity contribution is -0.147. The molecule has 5 saturated carbocycles. The van der Waals surface area contributed by atoms with Gasteiger partial charge >= 0.3 is 0 Å². The largest absolute Gasteiger partial charge is 0.448 e. The Hall–Kier alpha value is -7.30. The fourth-order valence-electron chi connectivity index (χ4n) is 29.3. The van der Waals surface area contributed by atoms with Crippen LogP contribution in [-0.2, 0) is 102 Å². The maximum absolute atomic E-state index is 15.7. The number of rotatable bonds is 13. The van der Waals surface area contributed by atoms with Gasteiger partial charge in [-0.15, -0.1) is 0 Å². The Morgan fingerprint density at radius 3 is 1.03 bits per heavy atom. The van der Waals surface area contributed by atoms with Crippen molar-refractivity contribution in [2.24, 2.45) is 27.1 Å². The average molecular weight is 1970 g/mol. The predicted octanol–water partition coefficient (Wildman–Crippen LogP) is 36.8. The van der Waals surface area contributed by atoms with Crippen LogP contribution in [0.3, 0.4) is 0 Å². The van der Waals surface area contributed by atoms with Gasteiger partial charge in [-0.05, 0) is 361 Å². The number of benzene rings is 7. The van der Waals surface area contributed by atoms with Crippen LogP contribution in [0.2, 0.25) is 0 Å². The van der Waals surface area contributed by atoms with E-state index in [0.717, 1.165) is 124 Å². The van der Waals surface area contributed by atoms with Crippen molar-refractivity contribution in [3.63, 3.8) is 0 Å². The van der Waals surface area contributed by atoms with Crippen molar-refractivity contribution in [3.05, 3.63) is 260 Å². The van der Waals surface area contributed by atoms with Crippen LogP contribution in [0.4, 0.5) is 8.78 Å². The number of alkyl halides is 2. The van der Waals surface area contributed by atoms with Crippen LogP contribution >= 0.6 is 0 Å². The third-order valence-electron chi connectivity index (χ3n) is 37.5. The van der Waals surface area contributed by atoms with Gasteiger partial charge in [0.15, 0.2) is 23.1 Å². The summed E-state index contributed by atoms with van der Waals surface area (Å²) in [5, 5.41) is 0. The van der Waals surface area contributed by atoms with Gasteiger partial charge in [0.2, 0.25) is 0 Å². The van der Waals surface area contributed by atoms with Crippen molar-refractivity contribution in [1.29, 1.82) is 0 Å². The molecule has 0 N–H and O–H groups in total. The molecule has 4 heterocycles. The molecule has 0 unspecified atom stereocenters. The minimum Gasteiger partial charge on any atom is -0.448 e. The maximum atomic E-state index is 15.7. The van der Waals surface area contributed by atoms with Gasteiger partial charge in [0.25, 0.3) is 11.7 Å². The minimum atomic E-state index is -2.69. The molecule has 22 rings (SSSR count). The molecular formula is C136H192F2N2O5. The molecule has 790 valence electrons. The summed E-state index contributed by atoms with van der Waals surface area (Å²) in [7, 11) is 0. The van der Waals surface area contributed by atoms with E-state index in [0.29, 0.717) is 112 Å². The number of hydrogen-bond acceptors (Lipinski definition) is 7. The predicted molar refractivity (Wildman–Crippen MR) is 604 cm³/mol. The first-order valence-electron chi connectivity index (χ1n) is 58.5. The van der Waals surface area contributed by atoms with Gasteiger partial charge in [0.05, 0.1) is 13.2 Å². The number of carbonyl (C=O) groups is 1. The van der Waals surface area contributed by atoms with Crippen molar-refractivity contribution in [3.8, 4) is 11.5 Å². The first-order valence-corrected chi connectivity index (χ1v) is 58.5. The highest BCUT2D eigenvalue weighted by molar-refractivity contribution is 6.07. The highest BCUT2D eigenvalue weighted by Crippen LogP contribution is 2.66. The van der Waals surface area contributed by atoms with Crippen LogP contribution in [0, 0.1) is 27.1 Å². The number of carbonyl (C=O) groups excluding carboxylic acids is 1. The molecule has 7 aromatic carbocycles. The van der Waals surface area contributed by atoms with E-state index in [9.17, 15) is 4.79 Å². The maximum Gasteiger partial charge on any atom is 0.279 e. The van der Waals surface area contributed by atoms with Crippen molar-refractivity contribution in [2.75, 3.05) is 26.3 Å². The fraction of sp³-hybridized carbons (Fsp3) is 0.647. The van der Waals surface area contributed by atoms with E-state index in [1.165, 1.54) is 182 Å². The zero-order valence-electron chi connectivity index (χ0n) is 96.7. The Bertz CT molecular complexity index is 5520. The van der Waals surface area contributed by atoms with Gasteiger partial charge in [-0.2, -0.15) is 0 Å². The lowest BCUT2D eigenvalue weighted by Crippen LogP contribution is -2.43. The standard InChI is InChI=1S/C26H33NO.C21H30F2.C19H29N.C19H28.2C17H24O2.C17H24/c1-18(2)21-10-11-22(19(3)4)24-23(21)16-26(25(24)28)12-14-27(15-13-26)17-20-8-6-5-7-9-20;1-18(2,3)15-9-10-16(19(4,5)6)17-14(15)13-20(21(17,22)23)11-7-8-12-20;1-13(2)17-15-11-19(8-6-7-9-19)10-14(15)16(12-20-17)18(3,4)5;1-13(2)15-7-8-16(14(3)4)18-12-19(11-17(15)18)9-5-6-10-19;1-11(2)13-5-6-14(12(3)4)16-10-17(9-15(13)16)18-7-8-19-17;1-11(2)13-7-8-14(12(3)4)16-15(13)18-17(19-16)9-5-6-10-17;1-11(2)13-5-6-14(12(3)4)16-10-17(7-8-17)9-15(13)16/h5-11,18-19H,12-17H2,1-4H3;9-10H,7-8,11-13H2,1-6H3;12-13H,6-11H2,1-5H3;7-8,13-14H,5-6,9-12H2,1-4H3;5-6,11-12H,7-10H2,1-4H3;7-8,11-12H,5-6,9-10H2,1-4H3;5-6,11-12H,7-10H2,1-4H3. The first kappa shape index (κ1) is 110. The van der Waals surface area contributed by atoms with Crippen LogP contribution in [-0.4, -0.2) is 53.5 Å². The van der Waals surface area contributed by atoms with Gasteiger partial charge < -0.3 is 18.9 Å². The molecule has 0 amide bonds. The van der Waals surface area contributed by atoms with E-state index < -0.39 is 11.3 Å². The van der Waals surface area contributed by atoms with Gasteiger partial charge in [0.1, 0.15) is 0 Å². The van der Waals surface area contributed by atoms with Crippen LogP contribution < -0.4 is 9.47 Å². The number of halogens is 2. The molecule has 7 fully saturated rings. The lowest BCUT2D eigenvalue weighted by Gasteiger charge is -2.38. The summed E-state index contributed by atoms with van der Waals surface area (Å²) in [5.74, 6) is 5.26. The highest BCUT2D eigenvalue weighted by atomic mass is 19.3. The number of nitrogens with zero attached hydrogens (tertiary/aromatic N) is 2. The zero-order chi connectivity index (χ0) is 105. The number of hydrogen-bond donors (Lipinski definition) is 0. The molecule has 11 aliphatic carbocycles. The van der Waals surface area contributed by atoms with E-state index in [1.54, 1.807) is 55.6 Å². The van der Waals surface area contributed by atoms with Crippen molar-refractivity contribution in [1.82, 2.24) is 9.88 Å². The average Bonchev–Trinajstić information content (AvgIpc) is 1.53. The van der Waals surface area contributed by atoms with Crippen molar-refractivity contribution < 1.29 is 32.5 Å². The Kier molecular flexibility index (Phi) is 32.5. The molecule has 14 aliphatic rings. The normalized spacial score (nSPS) is 20.6. The number of aromatic nitrogens is 1. The summed E-state index contributed by atoms with van der Waals surface area (Å²) in [6, 6.07) is 38.0. The Balaban J connectivity index is 0.000000122.